The molecule has 0 aliphatic heterocycles. The van der Waals surface area contributed by atoms with Crippen LogP contribution in [0.25, 0.3) is 0 Å². The molecule has 0 aromatic heterocycles. The summed E-state index contributed by atoms with van der Waals surface area (Å²) in [5.41, 5.74) is 5.13. The van der Waals surface area contributed by atoms with E-state index in [0.29, 0.717) is 0 Å². The summed E-state index contributed by atoms with van der Waals surface area (Å²) in [7, 11) is 0. The highest BCUT2D eigenvalue weighted by Crippen LogP contribution is 2.29. The fourth-order valence-electron chi connectivity index (χ4n) is 1.33. The van der Waals surface area contributed by atoms with Gasteiger partial charge in [-0.25, -0.2) is 8.78 Å². The quantitative estimate of drug-likeness (QED) is 0.861. The summed E-state index contributed by atoms with van der Waals surface area (Å²) < 4.78 is 24.9. The molecule has 1 aromatic carbocycles. The summed E-state index contributed by atoms with van der Waals surface area (Å²) in [6, 6.07) is 3.49. The second kappa shape index (κ2) is 5.23. The Kier molecular flexibility index (Phi) is 4.20. The van der Waals surface area contributed by atoms with Crippen molar-refractivity contribution < 1.29 is 18.7 Å². The van der Waals surface area contributed by atoms with Gasteiger partial charge in [0.15, 0.2) is 0 Å². The number of halogens is 3. The van der Waals surface area contributed by atoms with Crippen molar-refractivity contribution in [2.45, 2.75) is 12.3 Å². The van der Waals surface area contributed by atoms with Crippen LogP contribution in [-0.2, 0) is 4.79 Å². The average Bonchev–Trinajstić information content (AvgIpc) is 2.20. The molecule has 0 radical (unpaired) electrons. The molecule has 0 spiro atoms. The molecule has 0 aliphatic carbocycles. The third-order valence-electron chi connectivity index (χ3n) is 2.18. The number of carboxylic acid groups (broad SMARTS) is 1. The van der Waals surface area contributed by atoms with Crippen LogP contribution in [0.15, 0.2) is 18.2 Å². The topological polar surface area (TPSA) is 63.3 Å². The molecule has 1 rings (SSSR count). The van der Waals surface area contributed by atoms with Gasteiger partial charge >= 0.3 is 5.97 Å². The number of carboxylic acids is 1. The molecule has 0 fully saturated rings. The van der Waals surface area contributed by atoms with Crippen LogP contribution in [0, 0.1) is 0 Å². The molecule has 1 atom stereocenters. The largest absolute Gasteiger partial charge is 0.481 e. The summed E-state index contributed by atoms with van der Waals surface area (Å²) >= 11 is 5.75. The van der Waals surface area contributed by atoms with Crippen LogP contribution in [0.1, 0.15) is 23.5 Å². The van der Waals surface area contributed by atoms with Crippen LogP contribution in [0.4, 0.5) is 8.78 Å². The van der Waals surface area contributed by atoms with Gasteiger partial charge < -0.3 is 10.8 Å². The molecular weight excluding hydrogens is 240 g/mol. The third-order valence-corrected chi connectivity index (χ3v) is 2.53. The molecule has 0 amide bonds. The fourth-order valence-corrected chi connectivity index (χ4v) is 1.58. The van der Waals surface area contributed by atoms with Crippen molar-refractivity contribution in [1.29, 1.82) is 0 Å². The zero-order chi connectivity index (χ0) is 12.3. The maximum Gasteiger partial charge on any atom is 0.312 e. The molecule has 0 heterocycles. The first kappa shape index (κ1) is 12.9. The number of alkyl halides is 2. The van der Waals surface area contributed by atoms with E-state index in [0.717, 1.165) is 12.1 Å². The van der Waals surface area contributed by atoms with Gasteiger partial charge in [-0.05, 0) is 17.7 Å². The molecule has 1 unspecified atom stereocenters. The fraction of sp³-hybridized carbons (Fsp3) is 0.300. The van der Waals surface area contributed by atoms with Gasteiger partial charge in [-0.3, -0.25) is 4.79 Å². The number of nitrogens with two attached hydrogens (primary N) is 1. The van der Waals surface area contributed by atoms with Crippen LogP contribution >= 0.6 is 11.6 Å². The number of rotatable bonds is 4. The first-order valence-corrected chi connectivity index (χ1v) is 4.85. The van der Waals surface area contributed by atoms with E-state index in [9.17, 15) is 13.6 Å². The Balaban J connectivity index is 3.19. The predicted molar refractivity (Wildman–Crippen MR) is 55.8 cm³/mol. The summed E-state index contributed by atoms with van der Waals surface area (Å²) in [5.74, 6) is -2.25. The molecule has 6 heteroatoms. The Morgan fingerprint density at radius 3 is 2.56 bits per heavy atom. The zero-order valence-electron chi connectivity index (χ0n) is 8.16. The number of aliphatic carboxylic acids is 1. The molecule has 0 saturated heterocycles. The number of hydrogen-bond acceptors (Lipinski definition) is 2. The van der Waals surface area contributed by atoms with Crippen molar-refractivity contribution in [1.82, 2.24) is 0 Å². The smallest absolute Gasteiger partial charge is 0.312 e. The van der Waals surface area contributed by atoms with E-state index >= 15 is 0 Å². The van der Waals surface area contributed by atoms with Gasteiger partial charge in [0.25, 0.3) is 6.43 Å². The van der Waals surface area contributed by atoms with E-state index in [1.165, 1.54) is 6.07 Å². The Hall–Kier alpha value is -1.20. The minimum atomic E-state index is -2.66. The first-order chi connectivity index (χ1) is 7.47. The van der Waals surface area contributed by atoms with Crippen LogP contribution in [-0.4, -0.2) is 17.6 Å². The van der Waals surface area contributed by atoms with E-state index in [2.05, 4.69) is 0 Å². The monoisotopic (exact) mass is 249 g/mol. The lowest BCUT2D eigenvalue weighted by atomic mass is 9.97. The lowest BCUT2D eigenvalue weighted by molar-refractivity contribution is -0.138. The lowest BCUT2D eigenvalue weighted by Crippen LogP contribution is -2.21. The molecule has 3 N–H and O–H groups in total. The number of benzene rings is 1. The minimum Gasteiger partial charge on any atom is -0.481 e. The maximum absolute atomic E-state index is 12.4. The molecule has 1 aromatic rings. The van der Waals surface area contributed by atoms with Gasteiger partial charge in [0, 0.05) is 17.1 Å². The Morgan fingerprint density at radius 1 is 1.50 bits per heavy atom. The summed E-state index contributed by atoms with van der Waals surface area (Å²) in [4.78, 5) is 10.8. The van der Waals surface area contributed by atoms with Crippen LogP contribution in [0.5, 0.6) is 0 Å². The highest BCUT2D eigenvalue weighted by molar-refractivity contribution is 6.31. The standard InChI is InChI=1S/C10H10ClF2NO2/c11-8-2-1-5(9(12)13)3-6(8)7(4-14)10(15)16/h1-3,7,9H,4,14H2,(H,15,16). The third kappa shape index (κ3) is 2.68. The lowest BCUT2D eigenvalue weighted by Gasteiger charge is -2.13. The summed E-state index contributed by atoms with van der Waals surface area (Å²) in [6.45, 7) is -0.193. The second-order valence-corrected chi connectivity index (χ2v) is 3.62. The Morgan fingerprint density at radius 2 is 2.12 bits per heavy atom. The van der Waals surface area contributed by atoms with Gasteiger partial charge in [-0.2, -0.15) is 0 Å². The summed E-state index contributed by atoms with van der Waals surface area (Å²) in [6.07, 6.45) is -2.66. The van der Waals surface area contributed by atoms with Gasteiger partial charge in [0.05, 0.1) is 5.92 Å². The first-order valence-electron chi connectivity index (χ1n) is 4.47. The van der Waals surface area contributed by atoms with Crippen molar-refractivity contribution in [3.8, 4) is 0 Å². The van der Waals surface area contributed by atoms with Crippen molar-refractivity contribution in [3.05, 3.63) is 34.3 Å². The van der Waals surface area contributed by atoms with Gasteiger partial charge in [0.2, 0.25) is 0 Å². The van der Waals surface area contributed by atoms with Crippen LogP contribution in [0.3, 0.4) is 0 Å². The number of hydrogen-bond donors (Lipinski definition) is 2. The highest BCUT2D eigenvalue weighted by atomic mass is 35.5. The zero-order valence-corrected chi connectivity index (χ0v) is 8.92. The summed E-state index contributed by atoms with van der Waals surface area (Å²) in [5, 5.41) is 8.98. The van der Waals surface area contributed by atoms with E-state index < -0.39 is 18.3 Å². The van der Waals surface area contributed by atoms with Gasteiger partial charge in [-0.1, -0.05) is 17.7 Å². The minimum absolute atomic E-state index is 0.120. The normalized spacial score (nSPS) is 12.8. The van der Waals surface area contributed by atoms with Gasteiger partial charge in [0.1, 0.15) is 0 Å². The molecule has 0 saturated carbocycles. The van der Waals surface area contributed by atoms with E-state index in [4.69, 9.17) is 22.4 Å². The average molecular weight is 250 g/mol. The number of carbonyl (C=O) groups is 1. The second-order valence-electron chi connectivity index (χ2n) is 3.21. The van der Waals surface area contributed by atoms with Crippen LogP contribution < -0.4 is 5.73 Å². The Labute approximate surface area is 95.8 Å². The maximum atomic E-state index is 12.4. The molecule has 88 valence electrons. The van der Waals surface area contributed by atoms with Crippen molar-refractivity contribution in [2.24, 2.45) is 5.73 Å². The molecule has 16 heavy (non-hydrogen) atoms. The molecule has 0 aliphatic rings. The predicted octanol–water partition coefficient (Wildman–Crippen LogP) is 2.40. The molecule has 0 bridgehead atoms. The SMILES string of the molecule is NCC(C(=O)O)c1cc(C(F)F)ccc1Cl. The van der Waals surface area contributed by atoms with E-state index in [1.807, 2.05) is 0 Å². The van der Waals surface area contributed by atoms with Crippen molar-refractivity contribution in [3.63, 3.8) is 0 Å². The Bertz CT molecular complexity index is 398. The molecular formula is C10H10ClF2NO2. The highest BCUT2D eigenvalue weighted by Gasteiger charge is 2.22. The van der Waals surface area contributed by atoms with E-state index in [-0.39, 0.29) is 22.7 Å². The van der Waals surface area contributed by atoms with Gasteiger partial charge in [-0.15, -0.1) is 0 Å². The van der Waals surface area contributed by atoms with E-state index in [1.54, 1.807) is 0 Å². The van der Waals surface area contributed by atoms with Crippen molar-refractivity contribution in [2.75, 3.05) is 6.54 Å². The van der Waals surface area contributed by atoms with Crippen molar-refractivity contribution >= 4 is 17.6 Å². The molecule has 3 nitrogen and oxygen atoms in total. The van der Waals surface area contributed by atoms with Crippen LogP contribution in [0.2, 0.25) is 5.02 Å².